The molecular formula is C14H14N2O. The van der Waals surface area contributed by atoms with Crippen molar-refractivity contribution in [1.29, 1.82) is 0 Å². The molecule has 0 spiro atoms. The molecule has 0 radical (unpaired) electrons. The summed E-state index contributed by atoms with van der Waals surface area (Å²) in [5.41, 5.74) is 3.20. The Balaban J connectivity index is 1.83. The van der Waals surface area contributed by atoms with E-state index in [-0.39, 0.29) is 11.7 Å². The van der Waals surface area contributed by atoms with Crippen LogP contribution >= 0.6 is 0 Å². The molecule has 1 aliphatic carbocycles. The number of rotatable bonds is 2. The maximum Gasteiger partial charge on any atom is 0.186 e. The molecule has 0 bridgehead atoms. The third kappa shape index (κ3) is 1.78. The van der Waals surface area contributed by atoms with E-state index in [4.69, 9.17) is 0 Å². The number of fused-ring (bicyclic) bond motifs is 1. The first-order valence-electron chi connectivity index (χ1n) is 5.84. The molecule has 0 unspecified atom stereocenters. The first kappa shape index (κ1) is 10.3. The van der Waals surface area contributed by atoms with E-state index < -0.39 is 0 Å². The van der Waals surface area contributed by atoms with Gasteiger partial charge < -0.3 is 0 Å². The number of hydrogen-bond donors (Lipinski definition) is 0. The van der Waals surface area contributed by atoms with Gasteiger partial charge in [0.1, 0.15) is 5.69 Å². The van der Waals surface area contributed by atoms with Gasteiger partial charge in [-0.2, -0.15) is 5.10 Å². The van der Waals surface area contributed by atoms with Crippen LogP contribution in [0.3, 0.4) is 0 Å². The highest BCUT2D eigenvalue weighted by molar-refractivity contribution is 5.96. The Bertz CT molecular complexity index is 546. The summed E-state index contributed by atoms with van der Waals surface area (Å²) in [4.78, 5) is 12.3. The number of ketones is 1. The molecule has 0 atom stereocenters. The molecule has 0 aliphatic heterocycles. The normalized spacial score (nSPS) is 14.9. The molecule has 3 rings (SSSR count). The van der Waals surface area contributed by atoms with E-state index in [1.54, 1.807) is 10.7 Å². The second kappa shape index (κ2) is 3.84. The molecule has 1 aromatic carbocycles. The average Bonchev–Trinajstić information content (AvgIpc) is 2.93. The largest absolute Gasteiger partial charge is 0.292 e. The van der Waals surface area contributed by atoms with Gasteiger partial charge >= 0.3 is 0 Å². The van der Waals surface area contributed by atoms with Crippen LogP contribution < -0.4 is 0 Å². The second-order valence-corrected chi connectivity index (χ2v) is 4.61. The van der Waals surface area contributed by atoms with Gasteiger partial charge in [0.25, 0.3) is 0 Å². The van der Waals surface area contributed by atoms with Crippen LogP contribution in [0.2, 0.25) is 0 Å². The van der Waals surface area contributed by atoms with Gasteiger partial charge in [0.2, 0.25) is 0 Å². The topological polar surface area (TPSA) is 34.9 Å². The molecule has 3 nitrogen and oxygen atoms in total. The fourth-order valence-electron chi connectivity index (χ4n) is 2.50. The molecule has 0 saturated carbocycles. The molecule has 0 N–H and O–H groups in total. The zero-order chi connectivity index (χ0) is 11.8. The minimum atomic E-state index is 0.0716. The third-order valence-electron chi connectivity index (χ3n) is 3.39. The van der Waals surface area contributed by atoms with E-state index in [1.165, 1.54) is 11.1 Å². The summed E-state index contributed by atoms with van der Waals surface area (Å²) in [5.74, 6) is 0.240. The Morgan fingerprint density at radius 3 is 2.41 bits per heavy atom. The van der Waals surface area contributed by atoms with Gasteiger partial charge in [0, 0.05) is 19.2 Å². The molecule has 17 heavy (non-hydrogen) atoms. The van der Waals surface area contributed by atoms with E-state index in [1.807, 2.05) is 25.4 Å². The summed E-state index contributed by atoms with van der Waals surface area (Å²) in [6, 6.07) is 10.1. The predicted octanol–water partition coefficient (Wildman–Crippen LogP) is 2.02. The van der Waals surface area contributed by atoms with Crippen molar-refractivity contribution in [3.05, 3.63) is 53.3 Å². The number of aryl methyl sites for hydroxylation is 1. The number of aromatic nitrogens is 2. The van der Waals surface area contributed by atoms with Crippen LogP contribution in [0.15, 0.2) is 36.5 Å². The van der Waals surface area contributed by atoms with Gasteiger partial charge in [0.15, 0.2) is 5.78 Å². The molecule has 0 fully saturated rings. The Labute approximate surface area is 100 Å². The molecule has 1 aromatic heterocycles. The van der Waals surface area contributed by atoms with Gasteiger partial charge in [-0.05, 0) is 30.0 Å². The van der Waals surface area contributed by atoms with Crippen LogP contribution in [-0.2, 0) is 19.9 Å². The standard InChI is InChI=1S/C14H14N2O/c1-16-7-6-13(15-16)14(17)12-8-10-4-2-3-5-11(10)9-12/h2-7,12H,8-9H2,1H3. The first-order chi connectivity index (χ1) is 8.24. The number of carbonyl (C=O) groups is 1. The van der Waals surface area contributed by atoms with Gasteiger partial charge in [0.05, 0.1) is 0 Å². The Hall–Kier alpha value is -1.90. The van der Waals surface area contributed by atoms with Crippen LogP contribution in [0, 0.1) is 5.92 Å². The maximum absolute atomic E-state index is 12.3. The summed E-state index contributed by atoms with van der Waals surface area (Å²) in [7, 11) is 1.83. The monoisotopic (exact) mass is 226 g/mol. The van der Waals surface area contributed by atoms with Gasteiger partial charge in [-0.25, -0.2) is 0 Å². The van der Waals surface area contributed by atoms with Crippen molar-refractivity contribution in [2.45, 2.75) is 12.8 Å². The number of nitrogens with zero attached hydrogens (tertiary/aromatic N) is 2. The van der Waals surface area contributed by atoms with E-state index in [0.29, 0.717) is 5.69 Å². The Kier molecular flexibility index (Phi) is 2.32. The van der Waals surface area contributed by atoms with Gasteiger partial charge in [-0.1, -0.05) is 24.3 Å². The van der Waals surface area contributed by atoms with E-state index in [2.05, 4.69) is 17.2 Å². The van der Waals surface area contributed by atoms with Crippen LogP contribution in [0.5, 0.6) is 0 Å². The number of benzene rings is 1. The molecule has 2 aromatic rings. The number of Topliss-reactive ketones (excluding diaryl/α,β-unsaturated/α-hetero) is 1. The van der Waals surface area contributed by atoms with Gasteiger partial charge in [-0.3, -0.25) is 9.48 Å². The summed E-state index contributed by atoms with van der Waals surface area (Å²) >= 11 is 0. The van der Waals surface area contributed by atoms with Crippen molar-refractivity contribution in [1.82, 2.24) is 9.78 Å². The quantitative estimate of drug-likeness (QED) is 0.734. The smallest absolute Gasteiger partial charge is 0.186 e. The van der Waals surface area contributed by atoms with Crippen LogP contribution in [0.25, 0.3) is 0 Å². The highest BCUT2D eigenvalue weighted by Gasteiger charge is 2.28. The van der Waals surface area contributed by atoms with Crippen molar-refractivity contribution >= 4 is 5.78 Å². The fourth-order valence-corrected chi connectivity index (χ4v) is 2.50. The first-order valence-corrected chi connectivity index (χ1v) is 5.84. The zero-order valence-electron chi connectivity index (χ0n) is 9.76. The maximum atomic E-state index is 12.3. The lowest BCUT2D eigenvalue weighted by molar-refractivity contribution is 0.0919. The van der Waals surface area contributed by atoms with E-state index in [0.717, 1.165) is 12.8 Å². The van der Waals surface area contributed by atoms with Crippen LogP contribution in [0.1, 0.15) is 21.6 Å². The molecular weight excluding hydrogens is 212 g/mol. The second-order valence-electron chi connectivity index (χ2n) is 4.61. The van der Waals surface area contributed by atoms with Crippen LogP contribution in [-0.4, -0.2) is 15.6 Å². The van der Waals surface area contributed by atoms with E-state index >= 15 is 0 Å². The summed E-state index contributed by atoms with van der Waals surface area (Å²) < 4.78 is 1.68. The van der Waals surface area contributed by atoms with Crippen molar-refractivity contribution in [3.63, 3.8) is 0 Å². The van der Waals surface area contributed by atoms with Crippen molar-refractivity contribution < 1.29 is 4.79 Å². The minimum absolute atomic E-state index is 0.0716. The lowest BCUT2D eigenvalue weighted by Gasteiger charge is -2.04. The molecule has 86 valence electrons. The van der Waals surface area contributed by atoms with E-state index in [9.17, 15) is 4.79 Å². The van der Waals surface area contributed by atoms with Crippen molar-refractivity contribution in [3.8, 4) is 0 Å². The van der Waals surface area contributed by atoms with Crippen molar-refractivity contribution in [2.24, 2.45) is 13.0 Å². The average molecular weight is 226 g/mol. The lowest BCUT2D eigenvalue weighted by Crippen LogP contribution is -2.15. The Morgan fingerprint density at radius 1 is 1.24 bits per heavy atom. The third-order valence-corrected chi connectivity index (χ3v) is 3.39. The number of hydrogen-bond acceptors (Lipinski definition) is 2. The molecule has 3 heteroatoms. The molecule has 1 aliphatic rings. The molecule has 1 heterocycles. The lowest BCUT2D eigenvalue weighted by atomic mass is 9.99. The predicted molar refractivity (Wildman–Crippen MR) is 64.9 cm³/mol. The highest BCUT2D eigenvalue weighted by atomic mass is 16.1. The summed E-state index contributed by atoms with van der Waals surface area (Å²) in [5, 5.41) is 4.19. The molecule has 0 saturated heterocycles. The Morgan fingerprint density at radius 2 is 1.88 bits per heavy atom. The van der Waals surface area contributed by atoms with Crippen molar-refractivity contribution in [2.75, 3.05) is 0 Å². The fraction of sp³-hybridized carbons (Fsp3) is 0.286. The minimum Gasteiger partial charge on any atom is -0.292 e. The highest BCUT2D eigenvalue weighted by Crippen LogP contribution is 2.28. The summed E-state index contributed by atoms with van der Waals surface area (Å²) in [6.45, 7) is 0. The SMILES string of the molecule is Cn1ccc(C(=O)C2Cc3ccccc3C2)n1. The zero-order valence-corrected chi connectivity index (χ0v) is 9.76. The molecule has 0 amide bonds. The summed E-state index contributed by atoms with van der Waals surface area (Å²) in [6.07, 6.45) is 3.52. The number of carbonyl (C=O) groups excluding carboxylic acids is 1. The van der Waals surface area contributed by atoms with Crippen LogP contribution in [0.4, 0.5) is 0 Å². The van der Waals surface area contributed by atoms with Gasteiger partial charge in [-0.15, -0.1) is 0 Å².